The van der Waals surface area contributed by atoms with Crippen LogP contribution in [0, 0.1) is 0 Å². The molecule has 0 amide bonds. The van der Waals surface area contributed by atoms with E-state index in [0.29, 0.717) is 5.75 Å². The minimum Gasteiger partial charge on any atom is -0.313 e. The zero-order chi connectivity index (χ0) is 11.4. The van der Waals surface area contributed by atoms with Crippen LogP contribution in [0.4, 0.5) is 0 Å². The zero-order valence-corrected chi connectivity index (χ0v) is 10.8. The number of hydrogen-bond acceptors (Lipinski definition) is 3. The molecule has 0 bridgehead atoms. The lowest BCUT2D eigenvalue weighted by molar-refractivity contribution is 0.418. The third-order valence-electron chi connectivity index (χ3n) is 3.91. The van der Waals surface area contributed by atoms with Crippen LogP contribution in [0.5, 0.6) is 0 Å². The molecule has 1 N–H and O–H groups in total. The lowest BCUT2D eigenvalue weighted by atomic mass is 10.0. The first kappa shape index (κ1) is 12.4. The minimum atomic E-state index is -2.85. The Bertz CT molecular complexity index is 301. The van der Waals surface area contributed by atoms with E-state index < -0.39 is 9.84 Å². The molecule has 0 unspecified atom stereocenters. The smallest absolute Gasteiger partial charge is 0.154 e. The van der Waals surface area contributed by atoms with Gasteiger partial charge in [0.15, 0.2) is 9.84 Å². The summed E-state index contributed by atoms with van der Waals surface area (Å²) < 4.78 is 24.4. The maximum atomic E-state index is 12.2. The Kier molecular flexibility index (Phi) is 4.25. The van der Waals surface area contributed by atoms with Crippen molar-refractivity contribution in [1.82, 2.24) is 5.32 Å². The van der Waals surface area contributed by atoms with Crippen molar-refractivity contribution in [3.8, 4) is 0 Å². The van der Waals surface area contributed by atoms with E-state index in [1.165, 1.54) is 19.3 Å². The van der Waals surface area contributed by atoms with Gasteiger partial charge in [0.2, 0.25) is 0 Å². The second-order valence-corrected chi connectivity index (χ2v) is 7.56. The van der Waals surface area contributed by atoms with Crippen molar-refractivity contribution < 1.29 is 8.42 Å². The number of piperidine rings is 1. The van der Waals surface area contributed by atoms with Gasteiger partial charge in [-0.15, -0.1) is 0 Å². The van der Waals surface area contributed by atoms with Gasteiger partial charge >= 0.3 is 0 Å². The first-order valence-corrected chi connectivity index (χ1v) is 8.35. The summed E-state index contributed by atoms with van der Waals surface area (Å²) in [5.74, 6) is 0.373. The van der Waals surface area contributed by atoms with E-state index in [9.17, 15) is 8.42 Å². The van der Waals surface area contributed by atoms with Crippen LogP contribution in [-0.4, -0.2) is 32.0 Å². The van der Waals surface area contributed by atoms with Crippen LogP contribution in [0.3, 0.4) is 0 Å². The maximum Gasteiger partial charge on any atom is 0.154 e. The van der Waals surface area contributed by atoms with Gasteiger partial charge in [0.1, 0.15) is 0 Å². The van der Waals surface area contributed by atoms with E-state index in [4.69, 9.17) is 0 Å². The standard InChI is InChI=1S/C12H23NO2S/c14-16(15,12-7-2-1-3-8-12)10-11-6-4-5-9-13-11/h11-13H,1-10H2/t11-/m1/s1. The van der Waals surface area contributed by atoms with Crippen LogP contribution >= 0.6 is 0 Å². The fraction of sp³-hybridized carbons (Fsp3) is 1.00. The normalized spacial score (nSPS) is 29.1. The van der Waals surface area contributed by atoms with Crippen molar-refractivity contribution in [2.75, 3.05) is 12.3 Å². The summed E-state index contributed by atoms with van der Waals surface area (Å²) in [6.45, 7) is 0.991. The molecule has 0 aromatic heterocycles. The van der Waals surface area contributed by atoms with Gasteiger partial charge in [-0.3, -0.25) is 0 Å². The minimum absolute atomic E-state index is 0.0371. The Morgan fingerprint density at radius 1 is 0.938 bits per heavy atom. The molecule has 0 radical (unpaired) electrons. The first-order chi connectivity index (χ1) is 7.68. The highest BCUT2D eigenvalue weighted by Crippen LogP contribution is 2.25. The number of hydrogen-bond donors (Lipinski definition) is 1. The average Bonchev–Trinajstić information content (AvgIpc) is 2.31. The van der Waals surface area contributed by atoms with Gasteiger partial charge in [-0.2, -0.15) is 0 Å². The Balaban J connectivity index is 1.90. The zero-order valence-electron chi connectivity index (χ0n) is 9.95. The molecule has 1 saturated carbocycles. The number of rotatable bonds is 3. The van der Waals surface area contributed by atoms with Gasteiger partial charge in [-0.1, -0.05) is 25.7 Å². The largest absolute Gasteiger partial charge is 0.313 e. The second-order valence-electron chi connectivity index (χ2n) is 5.24. The summed E-state index contributed by atoms with van der Waals surface area (Å²) in [4.78, 5) is 0. The molecule has 0 aromatic rings. The van der Waals surface area contributed by atoms with E-state index in [1.54, 1.807) is 0 Å². The highest BCUT2D eigenvalue weighted by Gasteiger charge is 2.30. The molecule has 94 valence electrons. The monoisotopic (exact) mass is 245 g/mol. The van der Waals surface area contributed by atoms with Crippen LogP contribution < -0.4 is 5.32 Å². The number of sulfone groups is 1. The van der Waals surface area contributed by atoms with E-state index >= 15 is 0 Å². The summed E-state index contributed by atoms with van der Waals surface area (Å²) >= 11 is 0. The van der Waals surface area contributed by atoms with Crippen molar-refractivity contribution in [2.24, 2.45) is 0 Å². The molecule has 3 nitrogen and oxygen atoms in total. The van der Waals surface area contributed by atoms with E-state index in [1.807, 2.05) is 0 Å². The highest BCUT2D eigenvalue weighted by molar-refractivity contribution is 7.92. The van der Waals surface area contributed by atoms with Gasteiger partial charge in [0.25, 0.3) is 0 Å². The van der Waals surface area contributed by atoms with Crippen molar-refractivity contribution in [1.29, 1.82) is 0 Å². The lowest BCUT2D eigenvalue weighted by Crippen LogP contribution is -2.42. The van der Waals surface area contributed by atoms with E-state index in [-0.39, 0.29) is 11.3 Å². The van der Waals surface area contributed by atoms with Crippen LogP contribution in [0.25, 0.3) is 0 Å². The van der Waals surface area contributed by atoms with E-state index in [2.05, 4.69) is 5.32 Å². The van der Waals surface area contributed by atoms with Crippen LogP contribution in [0.15, 0.2) is 0 Å². The van der Waals surface area contributed by atoms with Gasteiger partial charge in [-0.05, 0) is 32.2 Å². The number of nitrogens with one attached hydrogen (secondary N) is 1. The Morgan fingerprint density at radius 3 is 2.25 bits per heavy atom. The summed E-state index contributed by atoms with van der Waals surface area (Å²) in [6, 6.07) is 0.223. The molecule has 2 aliphatic rings. The fourth-order valence-electron chi connectivity index (χ4n) is 2.91. The molecule has 1 saturated heterocycles. The molecular formula is C12H23NO2S. The fourth-order valence-corrected chi connectivity index (χ4v) is 5.08. The highest BCUT2D eigenvalue weighted by atomic mass is 32.2. The molecule has 2 rings (SSSR count). The van der Waals surface area contributed by atoms with Crippen molar-refractivity contribution in [3.05, 3.63) is 0 Å². The first-order valence-electron chi connectivity index (χ1n) is 6.63. The second kappa shape index (κ2) is 5.50. The molecule has 1 aliphatic heterocycles. The Hall–Kier alpha value is -0.0900. The molecule has 2 fully saturated rings. The molecule has 0 spiro atoms. The predicted octanol–water partition coefficient (Wildman–Crippen LogP) is 1.88. The molecular weight excluding hydrogens is 222 g/mol. The summed E-state index contributed by atoms with van der Waals surface area (Å²) in [6.07, 6.45) is 8.62. The molecule has 1 heterocycles. The van der Waals surface area contributed by atoms with Crippen molar-refractivity contribution >= 4 is 9.84 Å². The van der Waals surface area contributed by atoms with Crippen LogP contribution in [-0.2, 0) is 9.84 Å². The third-order valence-corrected chi connectivity index (χ3v) is 6.26. The van der Waals surface area contributed by atoms with Crippen LogP contribution in [0.2, 0.25) is 0 Å². The molecule has 0 aromatic carbocycles. The summed E-state index contributed by atoms with van der Waals surface area (Å²) in [5.41, 5.74) is 0. The molecule has 4 heteroatoms. The lowest BCUT2D eigenvalue weighted by Gasteiger charge is -2.27. The molecule has 16 heavy (non-hydrogen) atoms. The topological polar surface area (TPSA) is 46.2 Å². The Morgan fingerprint density at radius 2 is 1.62 bits per heavy atom. The van der Waals surface area contributed by atoms with Gasteiger partial charge < -0.3 is 5.32 Å². The SMILES string of the molecule is O=S(=O)(C[C@H]1CCCCN1)C1CCCCC1. The molecule has 1 aliphatic carbocycles. The van der Waals surface area contributed by atoms with Gasteiger partial charge in [-0.25, -0.2) is 8.42 Å². The Labute approximate surface area is 98.9 Å². The average molecular weight is 245 g/mol. The van der Waals surface area contributed by atoms with Crippen molar-refractivity contribution in [3.63, 3.8) is 0 Å². The van der Waals surface area contributed by atoms with Crippen LogP contribution in [0.1, 0.15) is 51.4 Å². The van der Waals surface area contributed by atoms with Gasteiger partial charge in [0.05, 0.1) is 11.0 Å². The maximum absolute atomic E-state index is 12.2. The summed E-state index contributed by atoms with van der Waals surface area (Å²) in [5, 5.41) is 3.30. The third kappa shape index (κ3) is 3.20. The predicted molar refractivity (Wildman–Crippen MR) is 66.3 cm³/mol. The van der Waals surface area contributed by atoms with Crippen molar-refractivity contribution in [2.45, 2.75) is 62.7 Å². The quantitative estimate of drug-likeness (QED) is 0.825. The molecule has 1 atom stereocenters. The van der Waals surface area contributed by atoms with Gasteiger partial charge in [0, 0.05) is 6.04 Å². The van der Waals surface area contributed by atoms with E-state index in [0.717, 1.165) is 38.6 Å². The summed E-state index contributed by atoms with van der Waals surface area (Å²) in [7, 11) is -2.85.